The van der Waals surface area contributed by atoms with Gasteiger partial charge in [-0.2, -0.15) is 0 Å². The minimum Gasteiger partial charge on any atom is -0.258 e. The van der Waals surface area contributed by atoms with Crippen molar-refractivity contribution in [3.05, 3.63) is 96.6 Å². The number of aliphatic imine (C=N–C) groups is 1. The third-order valence-electron chi connectivity index (χ3n) is 5.83. The van der Waals surface area contributed by atoms with Gasteiger partial charge in [-0.1, -0.05) is 39.0 Å². The summed E-state index contributed by atoms with van der Waals surface area (Å²) in [6.07, 6.45) is 0.469. The number of nitro groups is 2. The van der Waals surface area contributed by atoms with E-state index in [0.29, 0.717) is 39.9 Å². The first-order valence-electron chi connectivity index (χ1n) is 10.5. The molecule has 0 fully saturated rings. The maximum Gasteiger partial charge on any atom is 0.278 e. The van der Waals surface area contributed by atoms with Gasteiger partial charge in [0, 0.05) is 34.4 Å². The average molecular weight is 429 g/mol. The third kappa shape index (κ3) is 3.45. The van der Waals surface area contributed by atoms with Gasteiger partial charge in [-0.05, 0) is 48.6 Å². The zero-order valence-electron chi connectivity index (χ0n) is 18.4. The van der Waals surface area contributed by atoms with Crippen LogP contribution in [0.15, 0.2) is 53.5 Å². The summed E-state index contributed by atoms with van der Waals surface area (Å²) in [5.41, 5.74) is 5.87. The van der Waals surface area contributed by atoms with Crippen molar-refractivity contribution in [3.63, 3.8) is 0 Å². The number of aryl methyl sites for hydroxylation is 2. The van der Waals surface area contributed by atoms with Gasteiger partial charge in [0.05, 0.1) is 26.8 Å². The fourth-order valence-corrected chi connectivity index (χ4v) is 4.33. The highest BCUT2D eigenvalue weighted by atomic mass is 16.6. The number of hydrogen-bond acceptors (Lipinski definition) is 5. The van der Waals surface area contributed by atoms with Crippen molar-refractivity contribution in [2.75, 3.05) is 0 Å². The Hall–Kier alpha value is -3.87. The van der Waals surface area contributed by atoms with E-state index in [1.165, 1.54) is 12.1 Å². The van der Waals surface area contributed by atoms with E-state index in [1.807, 2.05) is 37.3 Å². The highest BCUT2D eigenvalue weighted by molar-refractivity contribution is 6.26. The molecule has 3 aromatic carbocycles. The number of para-hydroxylation sites is 1. The van der Waals surface area contributed by atoms with Crippen LogP contribution in [-0.4, -0.2) is 15.6 Å². The number of rotatable bonds is 5. The first-order valence-corrected chi connectivity index (χ1v) is 10.5. The monoisotopic (exact) mass is 429 g/mol. The molecule has 0 atom stereocenters. The van der Waals surface area contributed by atoms with Crippen LogP contribution in [0.1, 0.15) is 54.5 Å². The number of fused-ring (bicyclic) bond motifs is 3. The predicted octanol–water partition coefficient (Wildman–Crippen LogP) is 6.65. The summed E-state index contributed by atoms with van der Waals surface area (Å²) in [6, 6.07) is 14.4. The summed E-state index contributed by atoms with van der Waals surface area (Å²) in [4.78, 5) is 27.7. The van der Waals surface area contributed by atoms with Crippen LogP contribution in [0.2, 0.25) is 0 Å². The van der Waals surface area contributed by atoms with Gasteiger partial charge in [0.2, 0.25) is 0 Å². The zero-order chi connectivity index (χ0) is 23.2. The summed E-state index contributed by atoms with van der Waals surface area (Å²) in [7, 11) is 0. The Morgan fingerprint density at radius 2 is 1.59 bits per heavy atom. The maximum atomic E-state index is 11.9. The Labute approximate surface area is 185 Å². The Kier molecular flexibility index (Phi) is 5.34. The average Bonchev–Trinajstić information content (AvgIpc) is 3.04. The SMILES string of the molecule is CCc1cc2c(cc1[N+](=O)[O-])-c1c(cc(C)cc1[N+](=O)[O-])C2=Nc1ccccc1C(C)C. The molecule has 0 aromatic heterocycles. The van der Waals surface area contributed by atoms with Gasteiger partial charge in [0.15, 0.2) is 0 Å². The van der Waals surface area contributed by atoms with E-state index in [4.69, 9.17) is 4.99 Å². The van der Waals surface area contributed by atoms with Crippen molar-refractivity contribution in [2.24, 2.45) is 4.99 Å². The van der Waals surface area contributed by atoms with Crippen molar-refractivity contribution in [2.45, 2.75) is 40.0 Å². The van der Waals surface area contributed by atoms with Crippen LogP contribution in [-0.2, 0) is 6.42 Å². The number of hydrogen-bond donors (Lipinski definition) is 0. The van der Waals surface area contributed by atoms with Crippen LogP contribution in [0.3, 0.4) is 0 Å². The van der Waals surface area contributed by atoms with Crippen LogP contribution in [0, 0.1) is 27.2 Å². The molecule has 0 N–H and O–H groups in total. The molecule has 0 saturated carbocycles. The molecular formula is C25H23N3O4. The van der Waals surface area contributed by atoms with Gasteiger partial charge in [-0.3, -0.25) is 20.2 Å². The van der Waals surface area contributed by atoms with E-state index in [2.05, 4.69) is 13.8 Å². The molecule has 0 aliphatic heterocycles. The quantitative estimate of drug-likeness (QED) is 0.262. The lowest BCUT2D eigenvalue weighted by Gasteiger charge is -2.11. The van der Waals surface area contributed by atoms with Gasteiger partial charge < -0.3 is 0 Å². The fourth-order valence-electron chi connectivity index (χ4n) is 4.33. The van der Waals surface area contributed by atoms with Gasteiger partial charge in [0.1, 0.15) is 0 Å². The third-order valence-corrected chi connectivity index (χ3v) is 5.83. The summed E-state index contributed by atoms with van der Waals surface area (Å²) in [5, 5.41) is 23.6. The normalized spacial score (nSPS) is 13.3. The zero-order valence-corrected chi connectivity index (χ0v) is 18.4. The molecule has 4 rings (SSSR count). The standard InChI is InChI=1S/C25H23N3O4/c1-5-16-12-19-18(13-22(16)27(29)30)24-20(10-15(4)11-23(24)28(31)32)25(19)26-21-9-7-6-8-17(21)14(2)3/h6-14H,5H2,1-4H3. The van der Waals surface area contributed by atoms with Crippen LogP contribution >= 0.6 is 0 Å². The van der Waals surface area contributed by atoms with E-state index in [-0.39, 0.29) is 17.3 Å². The highest BCUT2D eigenvalue weighted by Gasteiger charge is 2.35. The Morgan fingerprint density at radius 1 is 0.906 bits per heavy atom. The van der Waals surface area contributed by atoms with Crippen molar-refractivity contribution >= 4 is 22.8 Å². The lowest BCUT2D eigenvalue weighted by atomic mass is 9.98. The summed E-state index contributed by atoms with van der Waals surface area (Å²) >= 11 is 0. The number of benzene rings is 3. The molecule has 0 saturated heterocycles. The van der Waals surface area contributed by atoms with E-state index >= 15 is 0 Å². The van der Waals surface area contributed by atoms with E-state index in [0.717, 1.165) is 16.8 Å². The Bertz CT molecular complexity index is 1310. The summed E-state index contributed by atoms with van der Waals surface area (Å²) < 4.78 is 0. The molecule has 7 heteroatoms. The van der Waals surface area contributed by atoms with E-state index < -0.39 is 9.85 Å². The molecule has 0 unspecified atom stereocenters. The maximum absolute atomic E-state index is 11.9. The van der Waals surface area contributed by atoms with Gasteiger partial charge in [-0.15, -0.1) is 0 Å². The van der Waals surface area contributed by atoms with Gasteiger partial charge in [-0.25, -0.2) is 4.99 Å². The Balaban J connectivity index is 2.11. The molecular weight excluding hydrogens is 406 g/mol. The van der Waals surface area contributed by atoms with Gasteiger partial charge >= 0.3 is 0 Å². The molecule has 0 bridgehead atoms. The fraction of sp³-hybridized carbons (Fsp3) is 0.240. The topological polar surface area (TPSA) is 98.6 Å². The summed E-state index contributed by atoms with van der Waals surface area (Å²) in [6.45, 7) is 7.83. The minimum absolute atomic E-state index is 0.0316. The molecule has 0 amide bonds. The summed E-state index contributed by atoms with van der Waals surface area (Å²) in [5.74, 6) is 0.241. The first kappa shape index (κ1) is 21.4. The second-order valence-electron chi connectivity index (χ2n) is 8.27. The second kappa shape index (κ2) is 8.00. The van der Waals surface area contributed by atoms with E-state index in [9.17, 15) is 20.2 Å². The van der Waals surface area contributed by atoms with Crippen LogP contribution < -0.4 is 0 Å². The lowest BCUT2D eigenvalue weighted by Crippen LogP contribution is -2.02. The van der Waals surface area contributed by atoms with Crippen molar-refractivity contribution in [3.8, 4) is 11.1 Å². The van der Waals surface area contributed by atoms with Crippen molar-refractivity contribution in [1.82, 2.24) is 0 Å². The number of nitro benzene ring substituents is 2. The first-order chi connectivity index (χ1) is 15.2. The molecule has 1 aliphatic carbocycles. The van der Waals surface area contributed by atoms with Gasteiger partial charge in [0.25, 0.3) is 11.4 Å². The molecule has 0 radical (unpaired) electrons. The van der Waals surface area contributed by atoms with Crippen LogP contribution in [0.4, 0.5) is 17.1 Å². The molecule has 7 nitrogen and oxygen atoms in total. The predicted molar refractivity (Wildman–Crippen MR) is 125 cm³/mol. The van der Waals surface area contributed by atoms with Crippen molar-refractivity contribution in [1.29, 1.82) is 0 Å². The minimum atomic E-state index is -0.430. The largest absolute Gasteiger partial charge is 0.278 e. The lowest BCUT2D eigenvalue weighted by molar-refractivity contribution is -0.385. The smallest absolute Gasteiger partial charge is 0.258 e. The molecule has 162 valence electrons. The Morgan fingerprint density at radius 3 is 2.22 bits per heavy atom. The highest BCUT2D eigenvalue weighted by Crippen LogP contribution is 2.46. The van der Waals surface area contributed by atoms with Crippen LogP contribution in [0.25, 0.3) is 11.1 Å². The molecule has 3 aromatic rings. The second-order valence-corrected chi connectivity index (χ2v) is 8.27. The molecule has 0 spiro atoms. The van der Waals surface area contributed by atoms with E-state index in [1.54, 1.807) is 13.0 Å². The van der Waals surface area contributed by atoms with Crippen LogP contribution in [0.5, 0.6) is 0 Å². The van der Waals surface area contributed by atoms with Crippen molar-refractivity contribution < 1.29 is 9.85 Å². The molecule has 1 aliphatic rings. The molecule has 0 heterocycles. The molecule has 32 heavy (non-hydrogen) atoms. The number of nitrogens with zero attached hydrogens (tertiary/aromatic N) is 3.